The first-order valence-electron chi connectivity index (χ1n) is 4.80. The summed E-state index contributed by atoms with van der Waals surface area (Å²) in [5.74, 6) is 5.16. The number of aromatic amines is 1. The first-order valence-corrected chi connectivity index (χ1v) is 4.80. The van der Waals surface area contributed by atoms with E-state index in [0.717, 1.165) is 11.1 Å². The topological polar surface area (TPSA) is 79.6 Å². The number of nitrogens with zero attached hydrogens (tertiary/aromatic N) is 2. The van der Waals surface area contributed by atoms with E-state index >= 15 is 0 Å². The molecule has 0 radical (unpaired) electrons. The van der Waals surface area contributed by atoms with Crippen molar-refractivity contribution in [3.05, 3.63) is 47.0 Å². The number of H-pyrrole nitrogens is 1. The zero-order chi connectivity index (χ0) is 11.5. The maximum absolute atomic E-state index is 13.2. The monoisotopic (exact) mass is 221 g/mol. The van der Waals surface area contributed by atoms with Gasteiger partial charge >= 0.3 is 0 Å². The van der Waals surface area contributed by atoms with Crippen molar-refractivity contribution in [3.63, 3.8) is 0 Å². The maximum atomic E-state index is 13.2. The Bertz CT molecular complexity index is 468. The molecule has 1 aromatic carbocycles. The van der Waals surface area contributed by atoms with Crippen LogP contribution >= 0.6 is 0 Å². The minimum absolute atomic E-state index is 0.302. The van der Waals surface area contributed by atoms with Crippen LogP contribution in [0.25, 0.3) is 0 Å². The molecule has 0 bridgehead atoms. The summed E-state index contributed by atoms with van der Waals surface area (Å²) in [5, 5.41) is 10.1. The molecule has 1 atom stereocenters. The SMILES string of the molecule is Cc1ccc(F)cc1C(NN)c1cn[nH]n1. The summed E-state index contributed by atoms with van der Waals surface area (Å²) in [7, 11) is 0. The van der Waals surface area contributed by atoms with E-state index in [1.54, 1.807) is 12.3 Å². The third-order valence-corrected chi connectivity index (χ3v) is 2.45. The Morgan fingerprint density at radius 1 is 1.50 bits per heavy atom. The predicted octanol–water partition coefficient (Wildman–Crippen LogP) is 0.805. The Morgan fingerprint density at radius 2 is 2.31 bits per heavy atom. The highest BCUT2D eigenvalue weighted by molar-refractivity contribution is 5.33. The summed E-state index contributed by atoms with van der Waals surface area (Å²) < 4.78 is 13.2. The number of nitrogens with one attached hydrogen (secondary N) is 2. The molecule has 4 N–H and O–H groups in total. The molecule has 6 heteroatoms. The molecule has 0 fully saturated rings. The van der Waals surface area contributed by atoms with Crippen LogP contribution in [0.4, 0.5) is 4.39 Å². The molecule has 1 heterocycles. The van der Waals surface area contributed by atoms with Gasteiger partial charge in [0.25, 0.3) is 0 Å². The van der Waals surface area contributed by atoms with Crippen molar-refractivity contribution in [1.82, 2.24) is 20.8 Å². The van der Waals surface area contributed by atoms with Gasteiger partial charge in [0.2, 0.25) is 0 Å². The molecule has 1 aromatic heterocycles. The third kappa shape index (κ3) is 1.93. The van der Waals surface area contributed by atoms with Crippen LogP contribution in [0.3, 0.4) is 0 Å². The number of aryl methyl sites for hydroxylation is 1. The lowest BCUT2D eigenvalue weighted by Gasteiger charge is -2.15. The Balaban J connectivity index is 2.44. The summed E-state index contributed by atoms with van der Waals surface area (Å²) >= 11 is 0. The Hall–Kier alpha value is -1.79. The summed E-state index contributed by atoms with van der Waals surface area (Å²) in [6.45, 7) is 1.89. The summed E-state index contributed by atoms with van der Waals surface area (Å²) in [4.78, 5) is 0. The van der Waals surface area contributed by atoms with Crippen molar-refractivity contribution in [2.24, 2.45) is 5.84 Å². The molecular weight excluding hydrogens is 209 g/mol. The lowest BCUT2D eigenvalue weighted by Crippen LogP contribution is -2.29. The van der Waals surface area contributed by atoms with Gasteiger partial charge in [0.15, 0.2) is 0 Å². The largest absolute Gasteiger partial charge is 0.271 e. The molecule has 0 amide bonds. The van der Waals surface area contributed by atoms with E-state index in [1.165, 1.54) is 12.1 Å². The van der Waals surface area contributed by atoms with Crippen LogP contribution in [0.15, 0.2) is 24.4 Å². The second-order valence-electron chi connectivity index (χ2n) is 3.50. The number of benzene rings is 1. The minimum atomic E-state index is -0.366. The number of halogens is 1. The van der Waals surface area contributed by atoms with E-state index in [9.17, 15) is 4.39 Å². The van der Waals surface area contributed by atoms with E-state index in [0.29, 0.717) is 5.69 Å². The van der Waals surface area contributed by atoms with Gasteiger partial charge in [0, 0.05) is 0 Å². The van der Waals surface area contributed by atoms with Gasteiger partial charge in [-0.25, -0.2) is 9.82 Å². The van der Waals surface area contributed by atoms with E-state index in [2.05, 4.69) is 20.8 Å². The molecule has 2 rings (SSSR count). The highest BCUT2D eigenvalue weighted by Crippen LogP contribution is 2.22. The molecule has 0 spiro atoms. The van der Waals surface area contributed by atoms with Crippen LogP contribution in [-0.2, 0) is 0 Å². The predicted molar refractivity (Wildman–Crippen MR) is 56.7 cm³/mol. The third-order valence-electron chi connectivity index (χ3n) is 2.45. The zero-order valence-corrected chi connectivity index (χ0v) is 8.74. The quantitative estimate of drug-likeness (QED) is 0.529. The van der Waals surface area contributed by atoms with E-state index in [1.807, 2.05) is 6.92 Å². The highest BCUT2D eigenvalue weighted by atomic mass is 19.1. The molecule has 0 aliphatic heterocycles. The fraction of sp³-hybridized carbons (Fsp3) is 0.200. The molecule has 0 aliphatic rings. The zero-order valence-electron chi connectivity index (χ0n) is 8.74. The van der Waals surface area contributed by atoms with Crippen LogP contribution in [0, 0.1) is 12.7 Å². The lowest BCUT2D eigenvalue weighted by atomic mass is 9.99. The van der Waals surface area contributed by atoms with Gasteiger partial charge in [-0.2, -0.15) is 15.4 Å². The Morgan fingerprint density at radius 3 is 2.94 bits per heavy atom. The van der Waals surface area contributed by atoms with Crippen LogP contribution < -0.4 is 11.3 Å². The molecular formula is C10H12FN5. The summed E-state index contributed by atoms with van der Waals surface area (Å²) in [6, 6.07) is 4.19. The van der Waals surface area contributed by atoms with Crippen molar-refractivity contribution in [2.45, 2.75) is 13.0 Å². The fourth-order valence-electron chi connectivity index (χ4n) is 1.61. The standard InChI is InChI=1S/C10H12FN5/c1-6-2-3-7(11)4-8(6)10(14-12)9-5-13-16-15-9/h2-5,10,14H,12H2,1H3,(H,13,15,16). The second kappa shape index (κ2) is 4.38. The van der Waals surface area contributed by atoms with Crippen molar-refractivity contribution in [2.75, 3.05) is 0 Å². The minimum Gasteiger partial charge on any atom is -0.271 e. The van der Waals surface area contributed by atoms with Gasteiger partial charge < -0.3 is 0 Å². The summed E-state index contributed by atoms with van der Waals surface area (Å²) in [6.07, 6.45) is 1.55. The molecule has 0 saturated carbocycles. The highest BCUT2D eigenvalue weighted by Gasteiger charge is 2.17. The fourth-order valence-corrected chi connectivity index (χ4v) is 1.61. The maximum Gasteiger partial charge on any atom is 0.123 e. The van der Waals surface area contributed by atoms with Crippen LogP contribution in [0.5, 0.6) is 0 Å². The van der Waals surface area contributed by atoms with Crippen LogP contribution in [-0.4, -0.2) is 15.4 Å². The van der Waals surface area contributed by atoms with Crippen LogP contribution in [0.2, 0.25) is 0 Å². The Labute approximate surface area is 91.8 Å². The second-order valence-corrected chi connectivity index (χ2v) is 3.50. The van der Waals surface area contributed by atoms with E-state index in [-0.39, 0.29) is 11.9 Å². The van der Waals surface area contributed by atoms with Gasteiger partial charge in [0.1, 0.15) is 11.5 Å². The number of rotatable bonds is 3. The number of hydrogen-bond acceptors (Lipinski definition) is 4. The molecule has 1 unspecified atom stereocenters. The first-order chi connectivity index (χ1) is 7.72. The smallest absolute Gasteiger partial charge is 0.123 e. The average Bonchev–Trinajstić information content (AvgIpc) is 2.78. The van der Waals surface area contributed by atoms with Crippen molar-refractivity contribution in [3.8, 4) is 0 Å². The van der Waals surface area contributed by atoms with Gasteiger partial charge in [-0.1, -0.05) is 6.07 Å². The Kier molecular flexibility index (Phi) is 2.93. The number of aromatic nitrogens is 3. The molecule has 2 aromatic rings. The van der Waals surface area contributed by atoms with Gasteiger partial charge in [0.05, 0.1) is 12.2 Å². The van der Waals surface area contributed by atoms with Crippen LogP contribution in [0.1, 0.15) is 22.9 Å². The van der Waals surface area contributed by atoms with Gasteiger partial charge in [-0.3, -0.25) is 5.84 Å². The molecule has 16 heavy (non-hydrogen) atoms. The number of hydrazine groups is 1. The molecule has 0 aliphatic carbocycles. The van der Waals surface area contributed by atoms with Gasteiger partial charge in [-0.15, -0.1) is 0 Å². The van der Waals surface area contributed by atoms with Crippen molar-refractivity contribution >= 4 is 0 Å². The van der Waals surface area contributed by atoms with Gasteiger partial charge in [-0.05, 0) is 30.2 Å². The molecule has 5 nitrogen and oxygen atoms in total. The molecule has 84 valence electrons. The first kappa shape index (κ1) is 10.7. The molecule has 0 saturated heterocycles. The van der Waals surface area contributed by atoms with E-state index < -0.39 is 0 Å². The normalized spacial score (nSPS) is 12.7. The lowest BCUT2D eigenvalue weighted by molar-refractivity contribution is 0.594. The summed E-state index contributed by atoms with van der Waals surface area (Å²) in [5.41, 5.74) is 4.91. The number of nitrogens with two attached hydrogens (primary N) is 1. The van der Waals surface area contributed by atoms with Crippen molar-refractivity contribution in [1.29, 1.82) is 0 Å². The average molecular weight is 221 g/mol. The number of hydrogen-bond donors (Lipinski definition) is 3. The van der Waals surface area contributed by atoms with E-state index in [4.69, 9.17) is 5.84 Å². The van der Waals surface area contributed by atoms with Crippen molar-refractivity contribution < 1.29 is 4.39 Å².